The van der Waals surface area contributed by atoms with E-state index in [0.29, 0.717) is 6.61 Å². The lowest BCUT2D eigenvalue weighted by atomic mass is 9.91. The van der Waals surface area contributed by atoms with E-state index in [1.807, 2.05) is 24.4 Å². The molecule has 110 valence electrons. The normalized spacial score (nSPS) is 17.3. The Morgan fingerprint density at radius 2 is 2.24 bits per heavy atom. The van der Waals surface area contributed by atoms with Crippen LogP contribution in [0.15, 0.2) is 41.0 Å². The third kappa shape index (κ3) is 3.11. The van der Waals surface area contributed by atoms with E-state index < -0.39 is 0 Å². The van der Waals surface area contributed by atoms with E-state index in [9.17, 15) is 0 Å². The lowest BCUT2D eigenvalue weighted by Crippen LogP contribution is -2.19. The molecule has 0 fully saturated rings. The van der Waals surface area contributed by atoms with Gasteiger partial charge in [0.05, 0.1) is 18.3 Å². The molecule has 0 aliphatic heterocycles. The van der Waals surface area contributed by atoms with Crippen LogP contribution in [0.2, 0.25) is 0 Å². The molecule has 0 saturated carbocycles. The van der Waals surface area contributed by atoms with Crippen LogP contribution in [-0.4, -0.2) is 12.1 Å². The molecule has 4 heteroatoms. The monoisotopic (exact) mass is 346 g/mol. The van der Waals surface area contributed by atoms with Crippen LogP contribution in [-0.2, 0) is 17.8 Å². The van der Waals surface area contributed by atoms with Crippen LogP contribution in [0.1, 0.15) is 35.7 Å². The standard InChI is InChI=1S/C17H19BrN2O/c1-21-11-13-14(18)7-3-8-15(13)20-16-9-2-5-12-6-4-10-19-17(12)16/h3-4,6-8,10,16,20H,2,5,9,11H2,1H3. The first-order valence-corrected chi connectivity index (χ1v) is 8.05. The SMILES string of the molecule is COCc1c(Br)cccc1NC1CCCc2cccnc21. The number of nitrogens with zero attached hydrogens (tertiary/aromatic N) is 1. The first-order chi connectivity index (χ1) is 10.3. The van der Waals surface area contributed by atoms with E-state index in [1.54, 1.807) is 7.11 Å². The van der Waals surface area contributed by atoms with Gasteiger partial charge in [-0.15, -0.1) is 0 Å². The molecule has 3 rings (SSSR count). The minimum atomic E-state index is 0.278. The minimum absolute atomic E-state index is 0.278. The Balaban J connectivity index is 1.90. The summed E-state index contributed by atoms with van der Waals surface area (Å²) < 4.78 is 6.40. The molecule has 1 aromatic carbocycles. The number of benzene rings is 1. The number of hydrogen-bond acceptors (Lipinski definition) is 3. The molecule has 0 amide bonds. The molecule has 2 aromatic rings. The predicted octanol–water partition coefficient (Wildman–Crippen LogP) is 4.48. The summed E-state index contributed by atoms with van der Waals surface area (Å²) >= 11 is 3.61. The van der Waals surface area contributed by atoms with Crippen molar-refractivity contribution >= 4 is 21.6 Å². The molecule has 0 radical (unpaired) electrons. The van der Waals surface area contributed by atoms with Crippen molar-refractivity contribution < 1.29 is 4.74 Å². The van der Waals surface area contributed by atoms with Crippen molar-refractivity contribution in [2.24, 2.45) is 0 Å². The highest BCUT2D eigenvalue weighted by Gasteiger charge is 2.22. The van der Waals surface area contributed by atoms with Crippen molar-refractivity contribution in [1.82, 2.24) is 4.98 Å². The van der Waals surface area contributed by atoms with Gasteiger partial charge in [-0.2, -0.15) is 0 Å². The molecule has 0 saturated heterocycles. The number of ether oxygens (including phenoxy) is 1. The second kappa shape index (κ2) is 6.58. The molecule has 21 heavy (non-hydrogen) atoms. The fourth-order valence-electron chi connectivity index (χ4n) is 2.92. The van der Waals surface area contributed by atoms with Crippen LogP contribution in [0.25, 0.3) is 0 Å². The van der Waals surface area contributed by atoms with E-state index in [1.165, 1.54) is 17.7 Å². The maximum Gasteiger partial charge on any atom is 0.0744 e. The smallest absolute Gasteiger partial charge is 0.0744 e. The van der Waals surface area contributed by atoms with Gasteiger partial charge in [0, 0.05) is 29.0 Å². The van der Waals surface area contributed by atoms with Crippen molar-refractivity contribution in [3.05, 3.63) is 57.8 Å². The molecule has 1 atom stereocenters. The molecule has 1 aliphatic rings. The highest BCUT2D eigenvalue weighted by molar-refractivity contribution is 9.10. The molecule has 0 bridgehead atoms. The first-order valence-electron chi connectivity index (χ1n) is 7.26. The zero-order valence-electron chi connectivity index (χ0n) is 12.1. The summed E-state index contributed by atoms with van der Waals surface area (Å²) in [6.45, 7) is 0.589. The van der Waals surface area contributed by atoms with Gasteiger partial charge in [-0.05, 0) is 43.0 Å². The average Bonchev–Trinajstić information content (AvgIpc) is 2.51. The van der Waals surface area contributed by atoms with E-state index >= 15 is 0 Å². The Bertz CT molecular complexity index is 630. The van der Waals surface area contributed by atoms with E-state index in [0.717, 1.165) is 28.6 Å². The number of aromatic nitrogens is 1. The number of anilines is 1. The summed E-state index contributed by atoms with van der Waals surface area (Å²) in [5.74, 6) is 0. The number of pyridine rings is 1. The second-order valence-electron chi connectivity index (χ2n) is 5.34. The number of rotatable bonds is 4. The van der Waals surface area contributed by atoms with Crippen molar-refractivity contribution in [2.45, 2.75) is 31.9 Å². The number of hydrogen-bond donors (Lipinski definition) is 1. The quantitative estimate of drug-likeness (QED) is 0.886. The average molecular weight is 347 g/mol. The van der Waals surface area contributed by atoms with Gasteiger partial charge in [-0.3, -0.25) is 4.98 Å². The second-order valence-corrected chi connectivity index (χ2v) is 6.19. The number of fused-ring (bicyclic) bond motifs is 1. The summed E-state index contributed by atoms with van der Waals surface area (Å²) in [6, 6.07) is 10.7. The zero-order valence-corrected chi connectivity index (χ0v) is 13.7. The Kier molecular flexibility index (Phi) is 4.56. The molecule has 1 N–H and O–H groups in total. The molecule has 1 aromatic heterocycles. The molecule has 1 aliphatic carbocycles. The van der Waals surface area contributed by atoms with Gasteiger partial charge in [-0.1, -0.05) is 28.1 Å². The van der Waals surface area contributed by atoms with E-state index in [4.69, 9.17) is 4.74 Å². The number of methoxy groups -OCH3 is 1. The van der Waals surface area contributed by atoms with E-state index in [-0.39, 0.29) is 6.04 Å². The third-order valence-electron chi connectivity index (χ3n) is 3.93. The zero-order chi connectivity index (χ0) is 14.7. The maximum atomic E-state index is 5.32. The van der Waals surface area contributed by atoms with Gasteiger partial charge in [0.1, 0.15) is 0 Å². The molecule has 1 heterocycles. The van der Waals surface area contributed by atoms with Crippen molar-refractivity contribution in [3.8, 4) is 0 Å². The van der Waals surface area contributed by atoms with Crippen molar-refractivity contribution in [2.75, 3.05) is 12.4 Å². The molecule has 1 unspecified atom stereocenters. The van der Waals surface area contributed by atoms with Gasteiger partial charge < -0.3 is 10.1 Å². The van der Waals surface area contributed by atoms with Crippen LogP contribution in [0, 0.1) is 0 Å². The van der Waals surface area contributed by atoms with E-state index in [2.05, 4.69) is 38.4 Å². The number of halogens is 1. The fraction of sp³-hybridized carbons (Fsp3) is 0.353. The number of nitrogens with one attached hydrogen (secondary N) is 1. The minimum Gasteiger partial charge on any atom is -0.380 e. The van der Waals surface area contributed by atoms with Crippen LogP contribution >= 0.6 is 15.9 Å². The van der Waals surface area contributed by atoms with Crippen molar-refractivity contribution in [3.63, 3.8) is 0 Å². The van der Waals surface area contributed by atoms with Gasteiger partial charge in [0.25, 0.3) is 0 Å². The number of aryl methyl sites for hydroxylation is 1. The molecular formula is C17H19BrN2O. The van der Waals surface area contributed by atoms with Crippen molar-refractivity contribution in [1.29, 1.82) is 0 Å². The van der Waals surface area contributed by atoms with Crippen LogP contribution in [0.3, 0.4) is 0 Å². The van der Waals surface area contributed by atoms with Gasteiger partial charge in [-0.25, -0.2) is 0 Å². The Labute approximate surface area is 133 Å². The molecule has 0 spiro atoms. The maximum absolute atomic E-state index is 5.32. The summed E-state index contributed by atoms with van der Waals surface area (Å²) in [4.78, 5) is 4.59. The first kappa shape index (κ1) is 14.5. The summed E-state index contributed by atoms with van der Waals surface area (Å²) in [5.41, 5.74) is 4.83. The van der Waals surface area contributed by atoms with Gasteiger partial charge in [0.2, 0.25) is 0 Å². The fourth-order valence-corrected chi connectivity index (χ4v) is 3.40. The Morgan fingerprint density at radius 3 is 3.10 bits per heavy atom. The van der Waals surface area contributed by atoms with Crippen LogP contribution < -0.4 is 5.32 Å². The van der Waals surface area contributed by atoms with Crippen LogP contribution in [0.4, 0.5) is 5.69 Å². The molecule has 3 nitrogen and oxygen atoms in total. The molecular weight excluding hydrogens is 328 g/mol. The summed E-state index contributed by atoms with van der Waals surface area (Å²) in [6.07, 6.45) is 5.33. The van der Waals surface area contributed by atoms with Crippen LogP contribution in [0.5, 0.6) is 0 Å². The topological polar surface area (TPSA) is 34.1 Å². The van der Waals surface area contributed by atoms with Gasteiger partial charge >= 0.3 is 0 Å². The Morgan fingerprint density at radius 1 is 1.33 bits per heavy atom. The highest BCUT2D eigenvalue weighted by atomic mass is 79.9. The van der Waals surface area contributed by atoms with Gasteiger partial charge in [0.15, 0.2) is 0 Å². The predicted molar refractivity (Wildman–Crippen MR) is 88.4 cm³/mol. The summed E-state index contributed by atoms with van der Waals surface area (Å²) in [5, 5.41) is 3.66. The highest BCUT2D eigenvalue weighted by Crippen LogP contribution is 2.33. The lowest BCUT2D eigenvalue weighted by Gasteiger charge is -2.27. The summed E-state index contributed by atoms with van der Waals surface area (Å²) in [7, 11) is 1.72. The Hall–Kier alpha value is -1.39. The lowest BCUT2D eigenvalue weighted by molar-refractivity contribution is 0.185. The third-order valence-corrected chi connectivity index (χ3v) is 4.68. The largest absolute Gasteiger partial charge is 0.380 e.